The molecule has 0 saturated carbocycles. The molecule has 0 aromatic carbocycles. The van der Waals surface area contributed by atoms with Crippen LogP contribution in [0.3, 0.4) is 0 Å². The smallest absolute Gasteiger partial charge is 0.225 e. The maximum absolute atomic E-state index is 12.4. The van der Waals surface area contributed by atoms with Crippen LogP contribution in [0.25, 0.3) is 0 Å². The number of carbonyl (C=O) groups is 1. The van der Waals surface area contributed by atoms with Gasteiger partial charge in [0.25, 0.3) is 0 Å². The molecule has 1 atom stereocenters. The SMILES string of the molecule is Cc1cnc(N2CCCC3(CCC(=O)N3CCN(C)C)CC2)nc1. The monoisotopic (exact) mass is 331 g/mol. The molecule has 3 heterocycles. The minimum Gasteiger partial charge on any atom is -0.341 e. The summed E-state index contributed by atoms with van der Waals surface area (Å²) in [5.74, 6) is 1.15. The van der Waals surface area contributed by atoms with Gasteiger partial charge in [0.2, 0.25) is 11.9 Å². The zero-order chi connectivity index (χ0) is 17.2. The number of carbonyl (C=O) groups excluding carboxylic acids is 1. The third-order valence-corrected chi connectivity index (χ3v) is 5.42. The summed E-state index contributed by atoms with van der Waals surface area (Å²) in [6.07, 6.45) is 8.66. The molecule has 2 aliphatic heterocycles. The Bertz CT molecular complexity index is 573. The first-order valence-electron chi connectivity index (χ1n) is 8.99. The van der Waals surface area contributed by atoms with Gasteiger partial charge in [-0.3, -0.25) is 4.79 Å². The average Bonchev–Trinajstić information content (AvgIpc) is 2.72. The Labute approximate surface area is 144 Å². The fourth-order valence-electron chi connectivity index (χ4n) is 3.98. The highest BCUT2D eigenvalue weighted by Gasteiger charge is 2.45. The van der Waals surface area contributed by atoms with Crippen molar-refractivity contribution >= 4 is 11.9 Å². The minimum absolute atomic E-state index is 0.0482. The molecule has 0 N–H and O–H groups in total. The summed E-state index contributed by atoms with van der Waals surface area (Å²) in [4.78, 5) is 28.0. The second-order valence-corrected chi connectivity index (χ2v) is 7.47. The fraction of sp³-hybridized carbons (Fsp3) is 0.722. The number of likely N-dealkylation sites (N-methyl/N-ethyl adjacent to an activating group) is 1. The van der Waals surface area contributed by atoms with Gasteiger partial charge in [-0.15, -0.1) is 0 Å². The summed E-state index contributed by atoms with van der Waals surface area (Å²) in [6, 6.07) is 0. The lowest BCUT2D eigenvalue weighted by Gasteiger charge is -2.38. The molecule has 2 aliphatic rings. The molecule has 3 rings (SSSR count). The van der Waals surface area contributed by atoms with E-state index in [9.17, 15) is 4.79 Å². The van der Waals surface area contributed by atoms with E-state index < -0.39 is 0 Å². The first-order chi connectivity index (χ1) is 11.5. The lowest BCUT2D eigenvalue weighted by Crippen LogP contribution is -2.48. The van der Waals surface area contributed by atoms with Gasteiger partial charge < -0.3 is 14.7 Å². The molecule has 1 aromatic heterocycles. The van der Waals surface area contributed by atoms with E-state index in [-0.39, 0.29) is 5.54 Å². The van der Waals surface area contributed by atoms with E-state index in [2.05, 4.69) is 38.8 Å². The molecular weight excluding hydrogens is 302 g/mol. The van der Waals surface area contributed by atoms with Gasteiger partial charge in [-0.2, -0.15) is 0 Å². The van der Waals surface area contributed by atoms with Crippen LogP contribution in [-0.4, -0.2) is 71.5 Å². The topological polar surface area (TPSA) is 52.6 Å². The first-order valence-corrected chi connectivity index (χ1v) is 8.99. The van der Waals surface area contributed by atoms with Gasteiger partial charge >= 0.3 is 0 Å². The van der Waals surface area contributed by atoms with Crippen molar-refractivity contribution in [1.82, 2.24) is 19.8 Å². The Balaban J connectivity index is 1.71. The molecule has 0 bridgehead atoms. The Morgan fingerprint density at radius 2 is 1.92 bits per heavy atom. The minimum atomic E-state index is 0.0482. The van der Waals surface area contributed by atoms with Crippen LogP contribution in [0, 0.1) is 6.92 Å². The molecule has 1 amide bonds. The van der Waals surface area contributed by atoms with E-state index in [0.717, 1.165) is 63.4 Å². The lowest BCUT2D eigenvalue weighted by molar-refractivity contribution is -0.131. The maximum atomic E-state index is 12.4. The number of anilines is 1. The molecule has 2 saturated heterocycles. The van der Waals surface area contributed by atoms with Crippen molar-refractivity contribution in [2.45, 2.75) is 44.6 Å². The van der Waals surface area contributed by atoms with Gasteiger partial charge in [0.05, 0.1) is 0 Å². The van der Waals surface area contributed by atoms with Crippen LogP contribution in [0.1, 0.15) is 37.7 Å². The highest BCUT2D eigenvalue weighted by Crippen LogP contribution is 2.39. The van der Waals surface area contributed by atoms with Crippen molar-refractivity contribution < 1.29 is 4.79 Å². The summed E-state index contributed by atoms with van der Waals surface area (Å²) >= 11 is 0. The van der Waals surface area contributed by atoms with E-state index >= 15 is 0 Å². The van der Waals surface area contributed by atoms with Crippen LogP contribution in [-0.2, 0) is 4.79 Å². The number of hydrogen-bond acceptors (Lipinski definition) is 5. The summed E-state index contributed by atoms with van der Waals surface area (Å²) in [5.41, 5.74) is 1.13. The van der Waals surface area contributed by atoms with Crippen LogP contribution < -0.4 is 4.90 Å². The largest absolute Gasteiger partial charge is 0.341 e. The third-order valence-electron chi connectivity index (χ3n) is 5.42. The number of hydrogen-bond donors (Lipinski definition) is 0. The third kappa shape index (κ3) is 3.53. The molecule has 0 radical (unpaired) electrons. The number of aromatic nitrogens is 2. The highest BCUT2D eigenvalue weighted by molar-refractivity contribution is 5.79. The van der Waals surface area contributed by atoms with Gasteiger partial charge in [-0.1, -0.05) is 0 Å². The summed E-state index contributed by atoms with van der Waals surface area (Å²) in [7, 11) is 4.13. The van der Waals surface area contributed by atoms with Gasteiger partial charge in [0.15, 0.2) is 0 Å². The van der Waals surface area contributed by atoms with Crippen LogP contribution in [0.15, 0.2) is 12.4 Å². The Hall–Kier alpha value is -1.69. The van der Waals surface area contributed by atoms with Crippen LogP contribution >= 0.6 is 0 Å². The summed E-state index contributed by atoms with van der Waals surface area (Å²) in [6.45, 7) is 5.68. The number of rotatable bonds is 4. The second-order valence-electron chi connectivity index (χ2n) is 7.47. The molecule has 1 unspecified atom stereocenters. The van der Waals surface area contributed by atoms with Gasteiger partial charge in [0.1, 0.15) is 0 Å². The van der Waals surface area contributed by atoms with Crippen molar-refractivity contribution in [2.75, 3.05) is 45.2 Å². The molecule has 2 fully saturated rings. The molecule has 6 nitrogen and oxygen atoms in total. The van der Waals surface area contributed by atoms with Crippen molar-refractivity contribution in [2.24, 2.45) is 0 Å². The van der Waals surface area contributed by atoms with Crippen molar-refractivity contribution in [3.8, 4) is 0 Å². The standard InChI is InChI=1S/C18H29N5O/c1-15-13-19-17(20-14-15)22-9-4-6-18(8-10-22)7-5-16(24)23(18)12-11-21(2)3/h13-14H,4-12H2,1-3H3. The van der Waals surface area contributed by atoms with Gasteiger partial charge in [-0.25, -0.2) is 9.97 Å². The zero-order valence-corrected chi connectivity index (χ0v) is 15.2. The normalized spacial score (nSPS) is 24.9. The first kappa shape index (κ1) is 17.1. The maximum Gasteiger partial charge on any atom is 0.225 e. The second kappa shape index (κ2) is 7.05. The zero-order valence-electron chi connectivity index (χ0n) is 15.2. The number of amides is 1. The van der Waals surface area contributed by atoms with Crippen molar-refractivity contribution in [1.29, 1.82) is 0 Å². The van der Waals surface area contributed by atoms with Crippen LogP contribution in [0.5, 0.6) is 0 Å². The van der Waals surface area contributed by atoms with Gasteiger partial charge in [-0.05, 0) is 52.3 Å². The molecule has 132 valence electrons. The quantitative estimate of drug-likeness (QED) is 0.840. The number of aryl methyl sites for hydroxylation is 1. The number of likely N-dealkylation sites (tertiary alicyclic amines) is 1. The van der Waals surface area contributed by atoms with E-state index in [4.69, 9.17) is 0 Å². The predicted molar refractivity (Wildman–Crippen MR) is 95.1 cm³/mol. The lowest BCUT2D eigenvalue weighted by atomic mass is 9.87. The van der Waals surface area contributed by atoms with Gasteiger partial charge in [0, 0.05) is 50.5 Å². The van der Waals surface area contributed by atoms with E-state index in [1.165, 1.54) is 0 Å². The summed E-state index contributed by atoms with van der Waals surface area (Å²) in [5, 5.41) is 0. The Morgan fingerprint density at radius 1 is 1.17 bits per heavy atom. The van der Waals surface area contributed by atoms with Crippen molar-refractivity contribution in [3.63, 3.8) is 0 Å². The van der Waals surface area contributed by atoms with E-state index in [0.29, 0.717) is 12.3 Å². The Morgan fingerprint density at radius 3 is 2.62 bits per heavy atom. The van der Waals surface area contributed by atoms with E-state index in [1.807, 2.05) is 19.3 Å². The average molecular weight is 331 g/mol. The van der Waals surface area contributed by atoms with Crippen molar-refractivity contribution in [3.05, 3.63) is 18.0 Å². The summed E-state index contributed by atoms with van der Waals surface area (Å²) < 4.78 is 0. The molecular formula is C18H29N5O. The van der Waals surface area contributed by atoms with Crippen LogP contribution in [0.4, 0.5) is 5.95 Å². The van der Waals surface area contributed by atoms with Crippen LogP contribution in [0.2, 0.25) is 0 Å². The molecule has 24 heavy (non-hydrogen) atoms. The molecule has 1 aromatic rings. The highest BCUT2D eigenvalue weighted by atomic mass is 16.2. The fourth-order valence-corrected chi connectivity index (χ4v) is 3.98. The Kier molecular flexibility index (Phi) is 5.04. The molecule has 0 aliphatic carbocycles. The predicted octanol–water partition coefficient (Wildman–Crippen LogP) is 1.70. The number of nitrogens with zero attached hydrogens (tertiary/aromatic N) is 5. The molecule has 6 heteroatoms. The molecule has 1 spiro atoms. The van der Waals surface area contributed by atoms with E-state index in [1.54, 1.807) is 0 Å².